The minimum absolute atomic E-state index is 0.0247. The second-order valence-corrected chi connectivity index (χ2v) is 3.94. The molecule has 0 amide bonds. The first-order chi connectivity index (χ1) is 8.91. The number of carbonyl (C=O) groups is 1. The van der Waals surface area contributed by atoms with Gasteiger partial charge in [0.2, 0.25) is 0 Å². The molecule has 19 heavy (non-hydrogen) atoms. The highest BCUT2D eigenvalue weighted by molar-refractivity contribution is 5.79. The van der Waals surface area contributed by atoms with Crippen LogP contribution in [0, 0.1) is 5.82 Å². The Morgan fingerprint density at radius 2 is 1.74 bits per heavy atom. The van der Waals surface area contributed by atoms with Crippen molar-refractivity contribution in [1.82, 2.24) is 0 Å². The van der Waals surface area contributed by atoms with Crippen molar-refractivity contribution in [2.45, 2.75) is 6.18 Å². The molecule has 0 unspecified atom stereocenters. The van der Waals surface area contributed by atoms with Gasteiger partial charge in [0, 0.05) is 11.1 Å². The topological polar surface area (TPSA) is 17.1 Å². The van der Waals surface area contributed by atoms with E-state index in [2.05, 4.69) is 0 Å². The van der Waals surface area contributed by atoms with Crippen LogP contribution >= 0.6 is 0 Å². The van der Waals surface area contributed by atoms with E-state index in [1.165, 1.54) is 24.3 Å². The van der Waals surface area contributed by atoms with Crippen LogP contribution in [0.2, 0.25) is 0 Å². The molecule has 2 rings (SSSR count). The summed E-state index contributed by atoms with van der Waals surface area (Å²) in [6.07, 6.45) is -3.99. The number of alkyl halides is 3. The highest BCUT2D eigenvalue weighted by Crippen LogP contribution is 2.32. The second-order valence-electron chi connectivity index (χ2n) is 3.94. The Morgan fingerprint density at radius 3 is 2.32 bits per heavy atom. The van der Waals surface area contributed by atoms with E-state index in [1.807, 2.05) is 0 Å². The first kappa shape index (κ1) is 13.3. The molecule has 0 heterocycles. The number of hydrogen-bond acceptors (Lipinski definition) is 1. The Hall–Kier alpha value is -2.17. The number of rotatable bonds is 2. The van der Waals surface area contributed by atoms with Gasteiger partial charge < -0.3 is 0 Å². The van der Waals surface area contributed by atoms with E-state index in [4.69, 9.17) is 0 Å². The van der Waals surface area contributed by atoms with Crippen LogP contribution in [0.25, 0.3) is 11.1 Å². The maximum absolute atomic E-state index is 13.7. The fourth-order valence-electron chi connectivity index (χ4n) is 1.71. The van der Waals surface area contributed by atoms with Crippen LogP contribution in [-0.4, -0.2) is 6.29 Å². The summed E-state index contributed by atoms with van der Waals surface area (Å²) in [6.45, 7) is 0. The smallest absolute Gasteiger partial charge is 0.298 e. The van der Waals surface area contributed by atoms with Gasteiger partial charge >= 0.3 is 6.18 Å². The van der Waals surface area contributed by atoms with E-state index in [-0.39, 0.29) is 5.56 Å². The van der Waals surface area contributed by atoms with Crippen molar-refractivity contribution in [1.29, 1.82) is 0 Å². The average Bonchev–Trinajstić information content (AvgIpc) is 2.37. The zero-order valence-electron chi connectivity index (χ0n) is 9.54. The third kappa shape index (κ3) is 2.81. The zero-order chi connectivity index (χ0) is 14.0. The summed E-state index contributed by atoms with van der Waals surface area (Å²) in [5, 5.41) is 0. The molecule has 0 saturated carbocycles. The van der Waals surface area contributed by atoms with Gasteiger partial charge in [-0.2, -0.15) is 13.2 Å². The third-order valence-corrected chi connectivity index (χ3v) is 2.63. The normalized spacial score (nSPS) is 11.4. The van der Waals surface area contributed by atoms with Crippen LogP contribution in [0.4, 0.5) is 17.6 Å². The quantitative estimate of drug-likeness (QED) is 0.585. The summed E-state index contributed by atoms with van der Waals surface area (Å²) >= 11 is 0. The van der Waals surface area contributed by atoms with Crippen molar-refractivity contribution in [2.24, 2.45) is 0 Å². The molecule has 0 N–H and O–H groups in total. The minimum Gasteiger partial charge on any atom is -0.298 e. The lowest BCUT2D eigenvalue weighted by Crippen LogP contribution is -2.05. The van der Waals surface area contributed by atoms with Crippen molar-refractivity contribution in [2.75, 3.05) is 0 Å². The lowest BCUT2D eigenvalue weighted by Gasteiger charge is -2.09. The Bertz CT molecular complexity index is 617. The molecule has 0 bridgehead atoms. The number of halogens is 4. The highest BCUT2D eigenvalue weighted by Gasteiger charge is 2.31. The Balaban J connectivity index is 2.49. The molecule has 5 heteroatoms. The Kier molecular flexibility index (Phi) is 3.38. The molecule has 0 radical (unpaired) electrons. The summed E-state index contributed by atoms with van der Waals surface area (Å²) in [5.41, 5.74) is -0.329. The Labute approximate surface area is 106 Å². The predicted octanol–water partition coefficient (Wildman–Crippen LogP) is 4.32. The van der Waals surface area contributed by atoms with Gasteiger partial charge in [-0.05, 0) is 23.8 Å². The van der Waals surface area contributed by atoms with E-state index >= 15 is 0 Å². The average molecular weight is 268 g/mol. The third-order valence-electron chi connectivity index (χ3n) is 2.63. The SMILES string of the molecule is O=Cc1cccc(-c2ccc(C(F)(F)F)cc2F)c1. The lowest BCUT2D eigenvalue weighted by atomic mass is 10.0. The number of benzene rings is 2. The second kappa shape index (κ2) is 4.84. The van der Waals surface area contributed by atoms with E-state index in [1.54, 1.807) is 0 Å². The fraction of sp³-hybridized carbons (Fsp3) is 0.0714. The fourth-order valence-corrected chi connectivity index (χ4v) is 1.71. The van der Waals surface area contributed by atoms with Gasteiger partial charge in [-0.15, -0.1) is 0 Å². The van der Waals surface area contributed by atoms with Crippen molar-refractivity contribution < 1.29 is 22.4 Å². The minimum atomic E-state index is -4.58. The monoisotopic (exact) mass is 268 g/mol. The largest absolute Gasteiger partial charge is 0.416 e. The van der Waals surface area contributed by atoms with Crippen LogP contribution in [0.1, 0.15) is 15.9 Å². The van der Waals surface area contributed by atoms with Gasteiger partial charge in [0.05, 0.1) is 5.56 Å². The molecule has 0 aliphatic carbocycles. The van der Waals surface area contributed by atoms with Gasteiger partial charge in [-0.1, -0.05) is 24.3 Å². The van der Waals surface area contributed by atoms with Gasteiger partial charge in [-0.25, -0.2) is 4.39 Å². The highest BCUT2D eigenvalue weighted by atomic mass is 19.4. The van der Waals surface area contributed by atoms with Crippen molar-refractivity contribution in [3.05, 3.63) is 59.4 Å². The van der Waals surface area contributed by atoms with Gasteiger partial charge in [-0.3, -0.25) is 4.79 Å². The van der Waals surface area contributed by atoms with Crippen molar-refractivity contribution in [3.8, 4) is 11.1 Å². The predicted molar refractivity (Wildman–Crippen MR) is 62.2 cm³/mol. The molecule has 0 spiro atoms. The van der Waals surface area contributed by atoms with E-state index in [9.17, 15) is 22.4 Å². The summed E-state index contributed by atoms with van der Waals surface area (Å²) < 4.78 is 50.9. The first-order valence-corrected chi connectivity index (χ1v) is 5.34. The van der Waals surface area contributed by atoms with E-state index < -0.39 is 17.6 Å². The van der Waals surface area contributed by atoms with Crippen LogP contribution in [0.3, 0.4) is 0 Å². The molecule has 0 fully saturated rings. The Morgan fingerprint density at radius 1 is 1.00 bits per heavy atom. The van der Waals surface area contributed by atoms with Crippen LogP contribution in [0.5, 0.6) is 0 Å². The first-order valence-electron chi connectivity index (χ1n) is 5.34. The molecule has 0 saturated heterocycles. The summed E-state index contributed by atoms with van der Waals surface area (Å²) in [6, 6.07) is 8.32. The summed E-state index contributed by atoms with van der Waals surface area (Å²) in [7, 11) is 0. The van der Waals surface area contributed by atoms with Crippen molar-refractivity contribution >= 4 is 6.29 Å². The maximum Gasteiger partial charge on any atom is 0.416 e. The molecule has 98 valence electrons. The standard InChI is InChI=1S/C14H8F4O/c15-13-7-11(14(16,17)18)4-5-12(13)10-3-1-2-9(6-10)8-19/h1-8H. The molecule has 2 aromatic carbocycles. The number of aldehydes is 1. The molecule has 0 aliphatic heterocycles. The van der Waals surface area contributed by atoms with Crippen LogP contribution in [-0.2, 0) is 6.18 Å². The maximum atomic E-state index is 13.7. The molecule has 0 aliphatic rings. The zero-order valence-corrected chi connectivity index (χ0v) is 9.54. The summed E-state index contributed by atoms with van der Waals surface area (Å²) in [4.78, 5) is 10.6. The van der Waals surface area contributed by atoms with Crippen molar-refractivity contribution in [3.63, 3.8) is 0 Å². The molecular weight excluding hydrogens is 260 g/mol. The number of hydrogen-bond donors (Lipinski definition) is 0. The van der Waals surface area contributed by atoms with Crippen LogP contribution in [0.15, 0.2) is 42.5 Å². The number of carbonyl (C=O) groups excluding carboxylic acids is 1. The van der Waals surface area contributed by atoms with E-state index in [0.717, 1.165) is 12.1 Å². The van der Waals surface area contributed by atoms with Gasteiger partial charge in [0.1, 0.15) is 12.1 Å². The lowest BCUT2D eigenvalue weighted by molar-refractivity contribution is -0.137. The molecule has 0 atom stereocenters. The van der Waals surface area contributed by atoms with Gasteiger partial charge in [0.25, 0.3) is 0 Å². The van der Waals surface area contributed by atoms with Gasteiger partial charge in [0.15, 0.2) is 0 Å². The summed E-state index contributed by atoms with van der Waals surface area (Å²) in [5.74, 6) is -0.974. The van der Waals surface area contributed by atoms with Crippen LogP contribution < -0.4 is 0 Å². The molecule has 2 aromatic rings. The molecular formula is C14H8F4O. The molecule has 0 aromatic heterocycles. The van der Waals surface area contributed by atoms with E-state index in [0.29, 0.717) is 23.5 Å². The molecule has 1 nitrogen and oxygen atoms in total.